The van der Waals surface area contributed by atoms with Crippen molar-refractivity contribution in [1.82, 2.24) is 10.6 Å². The lowest BCUT2D eigenvalue weighted by atomic mass is 10.1. The maximum atomic E-state index is 12.3. The highest BCUT2D eigenvalue weighted by atomic mass is 16.5. The Morgan fingerprint density at radius 1 is 1.23 bits per heavy atom. The summed E-state index contributed by atoms with van der Waals surface area (Å²) in [6, 6.07) is 2.88. The molecule has 0 aliphatic rings. The van der Waals surface area contributed by atoms with Gasteiger partial charge in [0.1, 0.15) is 11.3 Å². The Hall–Kier alpha value is -3.56. The summed E-state index contributed by atoms with van der Waals surface area (Å²) in [5, 5.41) is 16.7. The molecule has 0 unspecified atom stereocenters. The number of carbonyl (C=O) groups is 3. The molecule has 2 atom stereocenters. The van der Waals surface area contributed by atoms with Gasteiger partial charge in [0.05, 0.1) is 12.0 Å². The topological polar surface area (TPSA) is 164 Å². The van der Waals surface area contributed by atoms with Gasteiger partial charge in [0, 0.05) is 23.6 Å². The van der Waals surface area contributed by atoms with Crippen LogP contribution in [0.25, 0.3) is 11.0 Å². The van der Waals surface area contributed by atoms with E-state index in [0.717, 1.165) is 10.9 Å². The zero-order chi connectivity index (χ0) is 22.4. The Labute approximate surface area is 172 Å². The minimum atomic E-state index is -1.45. The quantitative estimate of drug-likeness (QED) is 0.377. The molecule has 0 aliphatic carbocycles. The number of amides is 3. The Balaban J connectivity index is 2.03. The van der Waals surface area contributed by atoms with Crippen LogP contribution in [0.1, 0.15) is 30.9 Å². The van der Waals surface area contributed by atoms with E-state index in [2.05, 4.69) is 10.6 Å². The first kappa shape index (κ1) is 22.7. The van der Waals surface area contributed by atoms with E-state index in [0.29, 0.717) is 11.1 Å². The molecule has 10 nitrogen and oxygen atoms in total. The highest BCUT2D eigenvalue weighted by molar-refractivity contribution is 5.86. The fourth-order valence-corrected chi connectivity index (χ4v) is 2.82. The van der Waals surface area contributed by atoms with Crippen molar-refractivity contribution in [3.05, 3.63) is 39.7 Å². The van der Waals surface area contributed by atoms with Crippen LogP contribution in [0.4, 0.5) is 4.79 Å². The van der Waals surface area contributed by atoms with Crippen molar-refractivity contribution in [1.29, 1.82) is 0 Å². The number of nitrogens with one attached hydrogen (secondary N) is 2. The second kappa shape index (κ2) is 9.77. The Kier molecular flexibility index (Phi) is 7.40. The predicted octanol–water partition coefficient (Wildman–Crippen LogP) is -0.140. The van der Waals surface area contributed by atoms with Gasteiger partial charge in [0.25, 0.3) is 5.91 Å². The van der Waals surface area contributed by atoms with Crippen LogP contribution >= 0.6 is 0 Å². The van der Waals surface area contributed by atoms with Crippen molar-refractivity contribution in [3.63, 3.8) is 0 Å². The molecule has 162 valence electrons. The molecule has 1 aromatic heterocycles. The van der Waals surface area contributed by atoms with Crippen molar-refractivity contribution in [2.24, 2.45) is 5.73 Å². The van der Waals surface area contributed by atoms with Gasteiger partial charge in [-0.1, -0.05) is 0 Å². The number of aliphatic carboxylic acids is 1. The largest absolute Gasteiger partial charge is 0.548 e. The molecule has 3 amide bonds. The van der Waals surface area contributed by atoms with Gasteiger partial charge in [0.2, 0.25) is 0 Å². The number of urea groups is 1. The molecule has 4 N–H and O–H groups in total. The summed E-state index contributed by atoms with van der Waals surface area (Å²) in [5.74, 6) is -1.83. The number of hydrogen-bond acceptors (Lipinski definition) is 7. The molecule has 10 heteroatoms. The molecule has 0 bridgehead atoms. The van der Waals surface area contributed by atoms with Crippen molar-refractivity contribution < 1.29 is 28.6 Å². The zero-order valence-corrected chi connectivity index (χ0v) is 16.9. The Bertz CT molecular complexity index is 1020. The van der Waals surface area contributed by atoms with E-state index in [1.54, 1.807) is 19.1 Å². The predicted molar refractivity (Wildman–Crippen MR) is 106 cm³/mol. The monoisotopic (exact) mass is 418 g/mol. The second-order valence-electron chi connectivity index (χ2n) is 6.87. The van der Waals surface area contributed by atoms with E-state index in [-0.39, 0.29) is 25.1 Å². The van der Waals surface area contributed by atoms with Crippen LogP contribution < -0.4 is 31.8 Å². The van der Waals surface area contributed by atoms with Gasteiger partial charge in [0.15, 0.2) is 6.10 Å². The average Bonchev–Trinajstić information content (AvgIpc) is 2.67. The number of carbonyl (C=O) groups excluding carboxylic acids is 3. The van der Waals surface area contributed by atoms with Crippen molar-refractivity contribution in [3.8, 4) is 5.75 Å². The minimum Gasteiger partial charge on any atom is -0.548 e. The van der Waals surface area contributed by atoms with E-state index in [1.807, 2.05) is 6.92 Å². The summed E-state index contributed by atoms with van der Waals surface area (Å²) in [5.41, 5.74) is 6.11. The van der Waals surface area contributed by atoms with Crippen LogP contribution in [-0.4, -0.2) is 36.6 Å². The number of aryl methyl sites for hydroxylation is 1. The fraction of sp³-hybridized carbons (Fsp3) is 0.400. The van der Waals surface area contributed by atoms with Crippen LogP contribution in [0.3, 0.4) is 0 Å². The molecular weight excluding hydrogens is 394 g/mol. The Morgan fingerprint density at radius 3 is 2.57 bits per heavy atom. The van der Waals surface area contributed by atoms with Crippen molar-refractivity contribution in [2.45, 2.75) is 45.8 Å². The third-order valence-electron chi connectivity index (χ3n) is 4.68. The molecule has 0 spiro atoms. The first-order valence-corrected chi connectivity index (χ1v) is 9.35. The molecule has 0 saturated carbocycles. The van der Waals surface area contributed by atoms with Gasteiger partial charge in [-0.2, -0.15) is 0 Å². The Morgan fingerprint density at radius 2 is 1.93 bits per heavy atom. The van der Waals surface area contributed by atoms with Gasteiger partial charge < -0.3 is 35.4 Å². The third kappa shape index (κ3) is 5.72. The standard InChI is InChI=1S/C20H25N3O7/c1-10-11(2)19(27)30-16-9-13(6-7-14(10)16)29-12(3)17(24)23-15(18(25)26)5-4-8-22-20(21)28/h6-7,9,12,15H,4-5,8H2,1-3H3,(H,23,24)(H,25,26)(H3,21,22,28)/p-1/t12-,15+/m1/s1. The van der Waals surface area contributed by atoms with E-state index in [1.165, 1.54) is 13.0 Å². The molecule has 0 saturated heterocycles. The lowest BCUT2D eigenvalue weighted by Crippen LogP contribution is -2.51. The first-order valence-electron chi connectivity index (χ1n) is 9.35. The van der Waals surface area contributed by atoms with Crippen molar-refractivity contribution in [2.75, 3.05) is 6.54 Å². The van der Waals surface area contributed by atoms with Gasteiger partial charge >= 0.3 is 11.7 Å². The van der Waals surface area contributed by atoms with Crippen LogP contribution in [0, 0.1) is 13.8 Å². The molecule has 2 aromatic rings. The lowest BCUT2D eigenvalue weighted by Gasteiger charge is -2.22. The smallest absolute Gasteiger partial charge is 0.339 e. The molecule has 1 aromatic carbocycles. The number of benzene rings is 1. The number of fused-ring (bicyclic) bond motifs is 1. The first-order chi connectivity index (χ1) is 14.1. The number of hydrogen-bond donors (Lipinski definition) is 3. The van der Waals surface area contributed by atoms with Crippen LogP contribution in [0.5, 0.6) is 5.75 Å². The summed E-state index contributed by atoms with van der Waals surface area (Å²) >= 11 is 0. The summed E-state index contributed by atoms with van der Waals surface area (Å²) < 4.78 is 10.8. The maximum absolute atomic E-state index is 12.3. The van der Waals surface area contributed by atoms with Gasteiger partial charge in [-0.3, -0.25) is 4.79 Å². The molecule has 2 rings (SSSR count). The molecule has 0 aliphatic heterocycles. The normalized spacial score (nSPS) is 12.8. The van der Waals surface area contributed by atoms with E-state index in [9.17, 15) is 24.3 Å². The molecular formula is C20H24N3O7-. The zero-order valence-electron chi connectivity index (χ0n) is 16.9. The summed E-state index contributed by atoms with van der Waals surface area (Å²) in [4.78, 5) is 46.1. The highest BCUT2D eigenvalue weighted by Crippen LogP contribution is 2.24. The number of primary amides is 1. The SMILES string of the molecule is Cc1c(C)c2ccc(O[C@H](C)C(=O)N[C@@H](CCCNC(N)=O)C(=O)[O-])cc2oc1=O. The molecule has 30 heavy (non-hydrogen) atoms. The fourth-order valence-electron chi connectivity index (χ4n) is 2.82. The number of carboxylic acids is 1. The van der Waals surface area contributed by atoms with E-state index >= 15 is 0 Å². The number of carboxylic acid groups (broad SMARTS) is 1. The summed E-state index contributed by atoms with van der Waals surface area (Å²) in [6.07, 6.45) is -0.702. The number of rotatable bonds is 9. The minimum absolute atomic E-state index is 0.0425. The maximum Gasteiger partial charge on any atom is 0.339 e. The van der Waals surface area contributed by atoms with Gasteiger partial charge in [-0.05, 0) is 51.3 Å². The highest BCUT2D eigenvalue weighted by Gasteiger charge is 2.20. The second-order valence-corrected chi connectivity index (χ2v) is 6.87. The van der Waals surface area contributed by atoms with E-state index in [4.69, 9.17) is 14.9 Å². The van der Waals surface area contributed by atoms with Crippen LogP contribution in [0.15, 0.2) is 27.4 Å². The third-order valence-corrected chi connectivity index (χ3v) is 4.68. The molecule has 0 radical (unpaired) electrons. The summed E-state index contributed by atoms with van der Waals surface area (Å²) in [6.45, 7) is 5.11. The summed E-state index contributed by atoms with van der Waals surface area (Å²) in [7, 11) is 0. The average molecular weight is 418 g/mol. The van der Waals surface area contributed by atoms with Crippen LogP contribution in [-0.2, 0) is 9.59 Å². The molecule has 0 fully saturated rings. The molecule has 1 heterocycles. The number of ether oxygens (including phenoxy) is 1. The lowest BCUT2D eigenvalue weighted by molar-refractivity contribution is -0.308. The number of nitrogens with two attached hydrogens (primary N) is 1. The van der Waals surface area contributed by atoms with E-state index < -0.39 is 35.7 Å². The van der Waals surface area contributed by atoms with Crippen molar-refractivity contribution >= 4 is 28.9 Å². The van der Waals surface area contributed by atoms with Crippen LogP contribution in [0.2, 0.25) is 0 Å². The van der Waals surface area contributed by atoms with Gasteiger partial charge in [-0.25, -0.2) is 9.59 Å². The van der Waals surface area contributed by atoms with Gasteiger partial charge in [-0.15, -0.1) is 0 Å².